The monoisotopic (exact) mass is 378 g/mol. The Morgan fingerprint density at radius 2 is 1.79 bits per heavy atom. The minimum Gasteiger partial charge on any atom is -0.381 e. The predicted octanol–water partition coefficient (Wildman–Crippen LogP) is 4.13. The third kappa shape index (κ3) is 4.14. The Kier molecular flexibility index (Phi) is 5.25. The molecule has 28 heavy (non-hydrogen) atoms. The van der Waals surface area contributed by atoms with E-state index in [0.717, 1.165) is 48.9 Å². The zero-order chi connectivity index (χ0) is 19.5. The van der Waals surface area contributed by atoms with Gasteiger partial charge in [0.15, 0.2) is 11.6 Å². The van der Waals surface area contributed by atoms with Gasteiger partial charge in [0.05, 0.1) is 0 Å². The molecule has 3 aromatic rings. The number of nitrogens with zero attached hydrogens (tertiary/aromatic N) is 3. The summed E-state index contributed by atoms with van der Waals surface area (Å²) in [6.45, 7) is 7.75. The molecule has 1 aliphatic rings. The highest BCUT2D eigenvalue weighted by Crippen LogP contribution is 2.27. The second-order valence-corrected chi connectivity index (χ2v) is 7.30. The maximum absolute atomic E-state index is 5.47. The second kappa shape index (κ2) is 7.98. The Hall–Kier alpha value is -2.93. The van der Waals surface area contributed by atoms with E-state index >= 15 is 0 Å². The Labute approximate surface area is 165 Å². The maximum Gasteiger partial charge on any atom is 0.164 e. The van der Waals surface area contributed by atoms with E-state index in [1.165, 1.54) is 11.1 Å². The molecule has 1 aromatic carbocycles. The lowest BCUT2D eigenvalue weighted by Gasteiger charge is -2.24. The smallest absolute Gasteiger partial charge is 0.164 e. The van der Waals surface area contributed by atoms with Gasteiger partial charge in [-0.25, -0.2) is 9.97 Å². The van der Waals surface area contributed by atoms with Crippen molar-refractivity contribution in [3.63, 3.8) is 0 Å². The van der Waals surface area contributed by atoms with E-state index in [9.17, 15) is 0 Å². The van der Waals surface area contributed by atoms with Gasteiger partial charge in [0.25, 0.3) is 0 Å². The van der Waals surface area contributed by atoms with Crippen LogP contribution in [0.25, 0.3) is 11.4 Å². The number of nitrogens with one attached hydrogen (secondary N) is 3. The van der Waals surface area contributed by atoms with Gasteiger partial charge >= 0.3 is 0 Å². The average molecular weight is 378 g/mol. The van der Waals surface area contributed by atoms with Crippen molar-refractivity contribution in [2.45, 2.75) is 39.7 Å². The highest BCUT2D eigenvalue weighted by molar-refractivity contribution is 5.67. The number of hydrogen-bond acceptors (Lipinski definition) is 6. The van der Waals surface area contributed by atoms with Gasteiger partial charge in [0, 0.05) is 42.6 Å². The second-order valence-electron chi connectivity index (χ2n) is 7.30. The van der Waals surface area contributed by atoms with Crippen LogP contribution in [-0.4, -0.2) is 39.4 Å². The van der Waals surface area contributed by atoms with E-state index < -0.39 is 0 Å². The highest BCUT2D eigenvalue weighted by Gasteiger charge is 2.16. The normalized spacial score (nSPS) is 14.8. The van der Waals surface area contributed by atoms with Crippen LogP contribution in [0.5, 0.6) is 0 Å². The molecule has 1 fully saturated rings. The van der Waals surface area contributed by atoms with Crippen LogP contribution in [-0.2, 0) is 4.74 Å². The van der Waals surface area contributed by atoms with Crippen LogP contribution in [0.2, 0.25) is 0 Å². The van der Waals surface area contributed by atoms with Crippen LogP contribution in [0.3, 0.4) is 0 Å². The Balaban J connectivity index is 1.70. The minimum atomic E-state index is 0.357. The van der Waals surface area contributed by atoms with Gasteiger partial charge in [-0.05, 0) is 44.7 Å². The number of rotatable bonds is 5. The van der Waals surface area contributed by atoms with Crippen LogP contribution in [0.15, 0.2) is 30.3 Å². The summed E-state index contributed by atoms with van der Waals surface area (Å²) >= 11 is 0. The zero-order valence-electron chi connectivity index (χ0n) is 16.5. The van der Waals surface area contributed by atoms with Crippen molar-refractivity contribution in [1.29, 1.82) is 0 Å². The van der Waals surface area contributed by atoms with E-state index in [1.54, 1.807) is 0 Å². The standard InChI is InChI=1S/C21H26N6O/c1-13-5-4-6-17(15(13)3)21-24-18(22-16-7-9-28-10-8-16)12-19(25-21)23-20-11-14(2)26-27-20/h4-6,11-12,16H,7-10H2,1-3H3,(H3,22,23,24,25,26,27). The molecular formula is C21H26N6O. The number of aromatic amines is 1. The van der Waals surface area contributed by atoms with Gasteiger partial charge in [0.2, 0.25) is 0 Å². The van der Waals surface area contributed by atoms with Crippen molar-refractivity contribution in [2.24, 2.45) is 0 Å². The molecule has 0 aliphatic carbocycles. The van der Waals surface area contributed by atoms with Crippen LogP contribution >= 0.6 is 0 Å². The fourth-order valence-corrected chi connectivity index (χ4v) is 3.36. The van der Waals surface area contributed by atoms with Crippen molar-refractivity contribution in [2.75, 3.05) is 23.8 Å². The molecule has 3 heterocycles. The number of hydrogen-bond donors (Lipinski definition) is 3. The van der Waals surface area contributed by atoms with Gasteiger partial charge in [-0.1, -0.05) is 18.2 Å². The molecule has 7 nitrogen and oxygen atoms in total. The van der Waals surface area contributed by atoms with Crippen LogP contribution in [0.1, 0.15) is 29.7 Å². The molecule has 7 heteroatoms. The first-order valence-electron chi connectivity index (χ1n) is 9.67. The molecule has 4 rings (SSSR count). The van der Waals surface area contributed by atoms with Crippen molar-refractivity contribution >= 4 is 17.5 Å². The first-order chi connectivity index (χ1) is 13.6. The molecule has 0 unspecified atom stereocenters. The summed E-state index contributed by atoms with van der Waals surface area (Å²) in [7, 11) is 0. The van der Waals surface area contributed by atoms with Gasteiger partial charge in [-0.15, -0.1) is 0 Å². The topological polar surface area (TPSA) is 87.8 Å². The third-order valence-electron chi connectivity index (χ3n) is 5.11. The Morgan fingerprint density at radius 3 is 2.54 bits per heavy atom. The lowest BCUT2D eigenvalue weighted by molar-refractivity contribution is 0.0904. The van der Waals surface area contributed by atoms with Gasteiger partial charge < -0.3 is 15.4 Å². The van der Waals surface area contributed by atoms with E-state index in [0.29, 0.717) is 17.7 Å². The molecule has 0 spiro atoms. The summed E-state index contributed by atoms with van der Waals surface area (Å²) in [4.78, 5) is 9.58. The molecule has 3 N–H and O–H groups in total. The number of H-pyrrole nitrogens is 1. The Morgan fingerprint density at radius 1 is 1.00 bits per heavy atom. The molecule has 0 bridgehead atoms. The summed E-state index contributed by atoms with van der Waals surface area (Å²) < 4.78 is 5.47. The predicted molar refractivity (Wildman–Crippen MR) is 111 cm³/mol. The Bertz CT molecular complexity index is 961. The molecular weight excluding hydrogens is 352 g/mol. The number of ether oxygens (including phenoxy) is 1. The molecule has 0 radical (unpaired) electrons. The van der Waals surface area contributed by atoms with Gasteiger partial charge in [-0.2, -0.15) is 5.10 Å². The van der Waals surface area contributed by atoms with Crippen molar-refractivity contribution in [3.8, 4) is 11.4 Å². The molecule has 0 amide bonds. The summed E-state index contributed by atoms with van der Waals surface area (Å²) in [5.41, 5.74) is 4.44. The molecule has 0 saturated carbocycles. The molecule has 2 aromatic heterocycles. The van der Waals surface area contributed by atoms with Crippen LogP contribution in [0, 0.1) is 20.8 Å². The molecule has 0 atom stereocenters. The largest absolute Gasteiger partial charge is 0.381 e. The van der Waals surface area contributed by atoms with E-state index in [-0.39, 0.29) is 0 Å². The maximum atomic E-state index is 5.47. The molecule has 1 saturated heterocycles. The summed E-state index contributed by atoms with van der Waals surface area (Å²) in [5, 5.41) is 14.0. The van der Waals surface area contributed by atoms with Crippen LogP contribution < -0.4 is 10.6 Å². The van der Waals surface area contributed by atoms with Gasteiger partial charge in [-0.3, -0.25) is 5.10 Å². The zero-order valence-corrected chi connectivity index (χ0v) is 16.5. The van der Waals surface area contributed by atoms with E-state index in [1.807, 2.05) is 25.1 Å². The summed E-state index contributed by atoms with van der Waals surface area (Å²) in [5.74, 6) is 2.97. The number of aryl methyl sites for hydroxylation is 2. The van der Waals surface area contributed by atoms with Crippen molar-refractivity contribution in [1.82, 2.24) is 20.2 Å². The molecule has 1 aliphatic heterocycles. The number of aromatic nitrogens is 4. The van der Waals surface area contributed by atoms with Crippen molar-refractivity contribution in [3.05, 3.63) is 47.2 Å². The summed E-state index contributed by atoms with van der Waals surface area (Å²) in [6.07, 6.45) is 1.95. The van der Waals surface area contributed by atoms with Crippen LogP contribution in [0.4, 0.5) is 17.5 Å². The van der Waals surface area contributed by atoms with E-state index in [4.69, 9.17) is 14.7 Å². The first kappa shape index (κ1) is 18.4. The fraction of sp³-hybridized carbons (Fsp3) is 0.381. The van der Waals surface area contributed by atoms with Crippen molar-refractivity contribution < 1.29 is 4.74 Å². The first-order valence-corrected chi connectivity index (χ1v) is 9.67. The minimum absolute atomic E-state index is 0.357. The SMILES string of the molecule is Cc1cc(Nc2cc(NC3CCOCC3)nc(-c3cccc(C)c3C)n2)n[nH]1. The van der Waals surface area contributed by atoms with Gasteiger partial charge in [0.1, 0.15) is 11.6 Å². The molecule has 146 valence electrons. The number of benzene rings is 1. The lowest BCUT2D eigenvalue weighted by atomic mass is 10.0. The van der Waals surface area contributed by atoms with E-state index in [2.05, 4.69) is 46.8 Å². The number of anilines is 3. The lowest BCUT2D eigenvalue weighted by Crippen LogP contribution is -2.28. The highest BCUT2D eigenvalue weighted by atomic mass is 16.5. The average Bonchev–Trinajstić information content (AvgIpc) is 3.09. The quantitative estimate of drug-likeness (QED) is 0.619. The fourth-order valence-electron chi connectivity index (χ4n) is 3.36. The summed E-state index contributed by atoms with van der Waals surface area (Å²) in [6, 6.07) is 10.5. The third-order valence-corrected chi connectivity index (χ3v) is 5.11.